The molecule has 26 heavy (non-hydrogen) atoms. The average Bonchev–Trinajstić information content (AvgIpc) is 3.19. The van der Waals surface area contributed by atoms with Crippen molar-refractivity contribution in [3.63, 3.8) is 0 Å². The fourth-order valence-corrected chi connectivity index (χ4v) is 2.92. The van der Waals surface area contributed by atoms with Gasteiger partial charge in [0.2, 0.25) is 11.8 Å². The van der Waals surface area contributed by atoms with Crippen LogP contribution in [0.3, 0.4) is 0 Å². The highest BCUT2D eigenvalue weighted by molar-refractivity contribution is 5.96. The highest BCUT2D eigenvalue weighted by atomic mass is 16.2. The molecule has 3 amide bonds. The number of hydrogen-bond donors (Lipinski definition) is 2. The Kier molecular flexibility index (Phi) is 5.68. The Hall–Kier alpha value is -3.09. The topological polar surface area (TPSA) is 85.5 Å². The van der Waals surface area contributed by atoms with Gasteiger partial charge in [-0.2, -0.15) is 0 Å². The van der Waals surface area contributed by atoms with Gasteiger partial charge < -0.3 is 20.1 Å². The first-order valence-electron chi connectivity index (χ1n) is 8.64. The van der Waals surface area contributed by atoms with Gasteiger partial charge >= 0.3 is 0 Å². The number of carbonyl (C=O) groups is 3. The van der Waals surface area contributed by atoms with Gasteiger partial charge in [-0.1, -0.05) is 18.2 Å². The average molecular weight is 354 g/mol. The molecule has 0 bridgehead atoms. The highest BCUT2D eigenvalue weighted by Gasteiger charge is 2.24. The Morgan fingerprint density at radius 1 is 0.923 bits per heavy atom. The van der Waals surface area contributed by atoms with Crippen LogP contribution in [0.5, 0.6) is 0 Å². The second-order valence-electron chi connectivity index (χ2n) is 6.21. The van der Waals surface area contributed by atoms with Crippen molar-refractivity contribution < 1.29 is 14.4 Å². The monoisotopic (exact) mass is 354 g/mol. The minimum Gasteiger partial charge on any atom is -0.367 e. The molecule has 0 saturated carbocycles. The van der Waals surface area contributed by atoms with Gasteiger partial charge in [0.25, 0.3) is 5.91 Å². The number of carbonyl (C=O) groups excluding carboxylic acids is 3. The molecule has 1 aromatic heterocycles. The minimum absolute atomic E-state index is 0.0367. The molecule has 2 aromatic rings. The zero-order chi connectivity index (χ0) is 18.4. The number of amides is 3. The molecule has 2 N–H and O–H groups in total. The van der Waals surface area contributed by atoms with Crippen LogP contribution in [-0.2, 0) is 16.0 Å². The van der Waals surface area contributed by atoms with Crippen molar-refractivity contribution in [3.05, 3.63) is 59.9 Å². The van der Waals surface area contributed by atoms with E-state index in [-0.39, 0.29) is 24.3 Å². The normalized spacial score (nSPS) is 14.2. The molecule has 1 aromatic carbocycles. The van der Waals surface area contributed by atoms with Crippen LogP contribution < -0.4 is 5.32 Å². The van der Waals surface area contributed by atoms with Crippen LogP contribution in [0, 0.1) is 0 Å². The van der Waals surface area contributed by atoms with E-state index in [1.165, 1.54) is 0 Å². The van der Waals surface area contributed by atoms with E-state index < -0.39 is 0 Å². The summed E-state index contributed by atoms with van der Waals surface area (Å²) in [6, 6.07) is 10.7. The van der Waals surface area contributed by atoms with Crippen LogP contribution in [0.1, 0.15) is 15.9 Å². The highest BCUT2D eigenvalue weighted by Crippen LogP contribution is 2.07. The lowest BCUT2D eigenvalue weighted by Crippen LogP contribution is -2.52. The Balaban J connectivity index is 1.42. The molecule has 136 valence electrons. The molecule has 1 saturated heterocycles. The van der Waals surface area contributed by atoms with E-state index in [9.17, 15) is 14.4 Å². The predicted molar refractivity (Wildman–Crippen MR) is 96.4 cm³/mol. The van der Waals surface area contributed by atoms with E-state index in [1.807, 2.05) is 18.3 Å². The molecule has 0 unspecified atom stereocenters. The molecular formula is C19H22N4O3. The van der Waals surface area contributed by atoms with Gasteiger partial charge in [-0.3, -0.25) is 14.4 Å². The molecule has 0 atom stereocenters. The summed E-state index contributed by atoms with van der Waals surface area (Å²) in [5.74, 6) is -0.333. The third kappa shape index (κ3) is 4.50. The number of nitrogens with zero attached hydrogens (tertiary/aromatic N) is 2. The number of hydrogen-bond acceptors (Lipinski definition) is 3. The van der Waals surface area contributed by atoms with Crippen molar-refractivity contribution in [1.29, 1.82) is 0 Å². The van der Waals surface area contributed by atoms with Gasteiger partial charge in [-0.05, 0) is 23.8 Å². The lowest BCUT2D eigenvalue weighted by molar-refractivity contribution is -0.138. The van der Waals surface area contributed by atoms with Crippen molar-refractivity contribution in [1.82, 2.24) is 20.1 Å². The zero-order valence-electron chi connectivity index (χ0n) is 14.5. The van der Waals surface area contributed by atoms with Crippen LogP contribution in [0.15, 0.2) is 48.8 Å². The first kappa shape index (κ1) is 17.7. The van der Waals surface area contributed by atoms with Crippen LogP contribution in [0.2, 0.25) is 0 Å². The molecule has 1 fully saturated rings. The van der Waals surface area contributed by atoms with E-state index in [0.29, 0.717) is 38.2 Å². The van der Waals surface area contributed by atoms with Gasteiger partial charge in [-0.15, -0.1) is 0 Å². The van der Waals surface area contributed by atoms with Crippen molar-refractivity contribution >= 4 is 17.7 Å². The fraction of sp³-hybridized carbons (Fsp3) is 0.316. The minimum atomic E-state index is -0.265. The molecule has 3 rings (SSSR count). The lowest BCUT2D eigenvalue weighted by atomic mass is 10.2. The first-order valence-corrected chi connectivity index (χ1v) is 8.64. The summed E-state index contributed by atoms with van der Waals surface area (Å²) in [5, 5.41) is 2.65. The first-order chi connectivity index (χ1) is 12.6. The molecule has 1 aliphatic heterocycles. The van der Waals surface area contributed by atoms with E-state index in [4.69, 9.17) is 0 Å². The van der Waals surface area contributed by atoms with Crippen molar-refractivity contribution in [2.75, 3.05) is 32.7 Å². The Morgan fingerprint density at radius 3 is 2.19 bits per heavy atom. The second-order valence-corrected chi connectivity index (χ2v) is 6.21. The van der Waals surface area contributed by atoms with E-state index in [1.54, 1.807) is 40.3 Å². The van der Waals surface area contributed by atoms with Crippen LogP contribution in [-0.4, -0.2) is 65.2 Å². The SMILES string of the molecule is O=C(NCC(=O)N1CCN(C(=O)Cc2cc[nH]c2)CC1)c1ccccc1. The predicted octanol–water partition coefficient (Wildman–Crippen LogP) is 0.658. The van der Waals surface area contributed by atoms with Gasteiger partial charge in [-0.25, -0.2) is 0 Å². The van der Waals surface area contributed by atoms with Gasteiger partial charge in [0, 0.05) is 44.1 Å². The van der Waals surface area contributed by atoms with E-state index in [2.05, 4.69) is 10.3 Å². The Bertz CT molecular complexity index is 750. The largest absolute Gasteiger partial charge is 0.367 e. The van der Waals surface area contributed by atoms with Crippen LogP contribution in [0.25, 0.3) is 0 Å². The maximum absolute atomic E-state index is 12.3. The van der Waals surface area contributed by atoms with E-state index >= 15 is 0 Å². The molecular weight excluding hydrogens is 332 g/mol. The van der Waals surface area contributed by atoms with Crippen molar-refractivity contribution in [2.24, 2.45) is 0 Å². The molecule has 1 aliphatic rings. The summed E-state index contributed by atoms with van der Waals surface area (Å²) < 4.78 is 0. The summed E-state index contributed by atoms with van der Waals surface area (Å²) in [7, 11) is 0. The van der Waals surface area contributed by atoms with Gasteiger partial charge in [0.05, 0.1) is 13.0 Å². The van der Waals surface area contributed by atoms with Gasteiger partial charge in [0.1, 0.15) is 0 Å². The molecule has 2 heterocycles. The summed E-state index contributed by atoms with van der Waals surface area (Å²) in [5.41, 5.74) is 1.48. The summed E-state index contributed by atoms with van der Waals surface area (Å²) in [6.07, 6.45) is 3.97. The fourth-order valence-electron chi connectivity index (χ4n) is 2.92. The third-order valence-electron chi connectivity index (χ3n) is 4.44. The number of nitrogens with one attached hydrogen (secondary N) is 2. The summed E-state index contributed by atoms with van der Waals surface area (Å²) in [4.78, 5) is 42.9. The zero-order valence-corrected chi connectivity index (χ0v) is 14.5. The number of aromatic amines is 1. The second kappa shape index (κ2) is 8.33. The number of piperazine rings is 1. The summed E-state index contributed by atoms with van der Waals surface area (Å²) in [6.45, 7) is 1.96. The molecule has 7 nitrogen and oxygen atoms in total. The Morgan fingerprint density at radius 2 is 1.58 bits per heavy atom. The number of H-pyrrole nitrogens is 1. The quantitative estimate of drug-likeness (QED) is 0.827. The summed E-state index contributed by atoms with van der Waals surface area (Å²) >= 11 is 0. The van der Waals surface area contributed by atoms with Crippen LogP contribution >= 0.6 is 0 Å². The number of rotatable bonds is 5. The van der Waals surface area contributed by atoms with Gasteiger partial charge in [0.15, 0.2) is 0 Å². The molecule has 0 spiro atoms. The number of benzene rings is 1. The van der Waals surface area contributed by atoms with Crippen molar-refractivity contribution in [3.8, 4) is 0 Å². The van der Waals surface area contributed by atoms with Crippen molar-refractivity contribution in [2.45, 2.75) is 6.42 Å². The standard InChI is InChI=1S/C19H22N4O3/c24-17(12-15-6-7-20-13-15)22-8-10-23(11-9-22)18(25)14-21-19(26)16-4-2-1-3-5-16/h1-7,13,20H,8-12,14H2,(H,21,26). The smallest absolute Gasteiger partial charge is 0.251 e. The third-order valence-corrected chi connectivity index (χ3v) is 4.44. The van der Waals surface area contributed by atoms with E-state index in [0.717, 1.165) is 5.56 Å². The molecule has 7 heteroatoms. The maximum atomic E-state index is 12.3. The molecule has 0 aliphatic carbocycles. The Labute approximate surface area is 152 Å². The maximum Gasteiger partial charge on any atom is 0.251 e. The van der Waals surface area contributed by atoms with Crippen LogP contribution in [0.4, 0.5) is 0 Å². The number of aromatic nitrogens is 1. The lowest BCUT2D eigenvalue weighted by Gasteiger charge is -2.34. The molecule has 0 radical (unpaired) electrons.